The van der Waals surface area contributed by atoms with Gasteiger partial charge in [0.2, 0.25) is 0 Å². The Bertz CT molecular complexity index is 302. The second-order valence-electron chi connectivity index (χ2n) is 2.80. The Balaban J connectivity index is 2.55. The number of nitriles is 1. The zero-order valence-electron chi connectivity index (χ0n) is 7.37. The second-order valence-corrected chi connectivity index (χ2v) is 3.71. The lowest BCUT2D eigenvalue weighted by Gasteiger charge is -2.10. The molecule has 13 heavy (non-hydrogen) atoms. The van der Waals surface area contributed by atoms with E-state index in [4.69, 9.17) is 5.26 Å². The van der Waals surface area contributed by atoms with Crippen LogP contribution in [0.3, 0.4) is 0 Å². The van der Waals surface area contributed by atoms with Crippen LogP contribution in [0.4, 0.5) is 0 Å². The maximum absolute atomic E-state index is 8.44. The molecule has 0 amide bonds. The van der Waals surface area contributed by atoms with Crippen molar-refractivity contribution in [3.8, 4) is 6.07 Å². The highest BCUT2D eigenvalue weighted by Gasteiger charge is 1.99. The topological polar surface area (TPSA) is 39.9 Å². The van der Waals surface area contributed by atoms with Crippen molar-refractivity contribution in [1.29, 1.82) is 5.26 Å². The van der Waals surface area contributed by atoms with Crippen molar-refractivity contribution in [3.05, 3.63) is 28.5 Å². The molecule has 0 aliphatic carbocycles. The maximum atomic E-state index is 8.44. The summed E-state index contributed by atoms with van der Waals surface area (Å²) in [5.74, 6) is 0. The molecule has 4 heteroatoms. The van der Waals surface area contributed by atoms with Crippen LogP contribution in [0, 0.1) is 11.3 Å². The molecule has 0 saturated heterocycles. The zero-order chi connectivity index (χ0) is 9.68. The highest BCUT2D eigenvalue weighted by atomic mass is 79.9. The lowest BCUT2D eigenvalue weighted by Crippen LogP contribution is -2.18. The van der Waals surface area contributed by atoms with E-state index in [-0.39, 0.29) is 0 Å². The van der Waals surface area contributed by atoms with Crippen molar-refractivity contribution in [3.63, 3.8) is 0 Å². The molecule has 0 N–H and O–H groups in total. The summed E-state index contributed by atoms with van der Waals surface area (Å²) in [6.45, 7) is 1.14. The fraction of sp³-hybridized carbons (Fsp3) is 0.333. The number of halogens is 1. The SMILES string of the molecule is CN(CC#N)Cc1ccc(Br)cn1. The van der Waals surface area contributed by atoms with Crippen LogP contribution in [0.15, 0.2) is 22.8 Å². The smallest absolute Gasteiger partial charge is 0.0866 e. The van der Waals surface area contributed by atoms with Gasteiger partial charge in [-0.25, -0.2) is 0 Å². The van der Waals surface area contributed by atoms with Crippen molar-refractivity contribution in [2.75, 3.05) is 13.6 Å². The molecule has 0 unspecified atom stereocenters. The Morgan fingerprint density at radius 3 is 2.92 bits per heavy atom. The molecule has 1 heterocycles. The molecular formula is C9H10BrN3. The molecule has 0 aliphatic rings. The van der Waals surface area contributed by atoms with E-state index >= 15 is 0 Å². The molecule has 0 spiro atoms. The largest absolute Gasteiger partial charge is 0.288 e. The first-order chi connectivity index (χ1) is 6.22. The fourth-order valence-corrected chi connectivity index (χ4v) is 1.19. The minimum atomic E-state index is 0.428. The Morgan fingerprint density at radius 2 is 2.38 bits per heavy atom. The minimum Gasteiger partial charge on any atom is -0.288 e. The van der Waals surface area contributed by atoms with E-state index in [2.05, 4.69) is 27.0 Å². The summed E-state index contributed by atoms with van der Waals surface area (Å²) in [5.41, 5.74) is 0.973. The average molecular weight is 240 g/mol. The molecule has 68 valence electrons. The van der Waals surface area contributed by atoms with Gasteiger partial charge < -0.3 is 0 Å². The van der Waals surface area contributed by atoms with Crippen LogP contribution in [-0.4, -0.2) is 23.5 Å². The molecule has 0 aromatic carbocycles. The molecule has 3 nitrogen and oxygen atoms in total. The van der Waals surface area contributed by atoms with E-state index in [0.717, 1.165) is 10.2 Å². The van der Waals surface area contributed by atoms with Gasteiger partial charge in [-0.15, -0.1) is 0 Å². The second kappa shape index (κ2) is 4.95. The molecule has 0 fully saturated rings. The van der Waals surface area contributed by atoms with Crippen LogP contribution < -0.4 is 0 Å². The Kier molecular flexibility index (Phi) is 3.87. The molecule has 1 rings (SSSR count). The van der Waals surface area contributed by atoms with E-state index in [1.54, 1.807) is 6.20 Å². The predicted octanol–water partition coefficient (Wildman–Crippen LogP) is 1.80. The van der Waals surface area contributed by atoms with Crippen LogP contribution in [0.25, 0.3) is 0 Å². The van der Waals surface area contributed by atoms with Crippen molar-refractivity contribution in [2.24, 2.45) is 0 Å². The first-order valence-corrected chi connectivity index (χ1v) is 4.67. The van der Waals surface area contributed by atoms with E-state index < -0.39 is 0 Å². The van der Waals surface area contributed by atoms with Crippen LogP contribution in [0.2, 0.25) is 0 Å². The van der Waals surface area contributed by atoms with Gasteiger partial charge in [0.1, 0.15) is 0 Å². The van der Waals surface area contributed by atoms with Gasteiger partial charge in [-0.3, -0.25) is 9.88 Å². The molecular weight excluding hydrogens is 230 g/mol. The molecule has 0 saturated carbocycles. The van der Waals surface area contributed by atoms with Gasteiger partial charge in [0.05, 0.1) is 18.3 Å². The Labute approximate surface area is 86.1 Å². The van der Waals surface area contributed by atoms with E-state index in [9.17, 15) is 0 Å². The summed E-state index contributed by atoms with van der Waals surface area (Å²) in [6, 6.07) is 5.98. The van der Waals surface area contributed by atoms with E-state index in [1.807, 2.05) is 24.1 Å². The van der Waals surface area contributed by atoms with Gasteiger partial charge in [-0.05, 0) is 35.1 Å². The molecule has 1 aromatic heterocycles. The Hall–Kier alpha value is -0.920. The van der Waals surface area contributed by atoms with Gasteiger partial charge in [-0.1, -0.05) is 0 Å². The van der Waals surface area contributed by atoms with Crippen molar-refractivity contribution in [2.45, 2.75) is 6.54 Å². The summed E-state index contributed by atoms with van der Waals surface area (Å²) in [4.78, 5) is 6.12. The van der Waals surface area contributed by atoms with Gasteiger partial charge >= 0.3 is 0 Å². The molecule has 0 radical (unpaired) electrons. The first kappa shape index (κ1) is 10.2. The lowest BCUT2D eigenvalue weighted by molar-refractivity contribution is 0.362. The maximum Gasteiger partial charge on any atom is 0.0866 e. The Morgan fingerprint density at radius 1 is 1.62 bits per heavy atom. The highest BCUT2D eigenvalue weighted by molar-refractivity contribution is 9.10. The number of rotatable bonds is 3. The van der Waals surface area contributed by atoms with Gasteiger partial charge in [0, 0.05) is 17.2 Å². The molecule has 0 atom stereocenters. The third-order valence-electron chi connectivity index (χ3n) is 1.56. The van der Waals surface area contributed by atoms with Crippen molar-refractivity contribution < 1.29 is 0 Å². The zero-order valence-corrected chi connectivity index (χ0v) is 8.95. The van der Waals surface area contributed by atoms with Crippen LogP contribution in [-0.2, 0) is 6.54 Å². The molecule has 1 aromatic rings. The van der Waals surface area contributed by atoms with Crippen molar-refractivity contribution in [1.82, 2.24) is 9.88 Å². The summed E-state index contributed by atoms with van der Waals surface area (Å²) in [6.07, 6.45) is 1.76. The third kappa shape index (κ3) is 3.53. The third-order valence-corrected chi connectivity index (χ3v) is 2.03. The quantitative estimate of drug-likeness (QED) is 0.756. The number of aromatic nitrogens is 1. The van der Waals surface area contributed by atoms with Gasteiger partial charge in [0.25, 0.3) is 0 Å². The number of nitrogens with zero attached hydrogens (tertiary/aromatic N) is 3. The summed E-state index contributed by atoms with van der Waals surface area (Å²) >= 11 is 3.31. The first-order valence-electron chi connectivity index (χ1n) is 3.88. The van der Waals surface area contributed by atoms with Crippen molar-refractivity contribution >= 4 is 15.9 Å². The van der Waals surface area contributed by atoms with Crippen LogP contribution in [0.5, 0.6) is 0 Å². The minimum absolute atomic E-state index is 0.428. The number of hydrogen-bond donors (Lipinski definition) is 0. The van der Waals surface area contributed by atoms with E-state index in [0.29, 0.717) is 13.1 Å². The lowest BCUT2D eigenvalue weighted by atomic mass is 10.3. The molecule has 0 aliphatic heterocycles. The normalized spacial score (nSPS) is 10.0. The van der Waals surface area contributed by atoms with Crippen LogP contribution in [0.1, 0.15) is 5.69 Å². The number of hydrogen-bond acceptors (Lipinski definition) is 3. The predicted molar refractivity (Wildman–Crippen MR) is 53.9 cm³/mol. The fourth-order valence-electron chi connectivity index (χ4n) is 0.953. The van der Waals surface area contributed by atoms with Gasteiger partial charge in [-0.2, -0.15) is 5.26 Å². The summed E-state index contributed by atoms with van der Waals surface area (Å²) in [7, 11) is 1.90. The summed E-state index contributed by atoms with van der Waals surface area (Å²) < 4.78 is 0.971. The van der Waals surface area contributed by atoms with Gasteiger partial charge in [0.15, 0.2) is 0 Å². The average Bonchev–Trinajstić information content (AvgIpc) is 2.09. The monoisotopic (exact) mass is 239 g/mol. The number of pyridine rings is 1. The highest BCUT2D eigenvalue weighted by Crippen LogP contribution is 2.08. The summed E-state index contributed by atoms with van der Waals surface area (Å²) in [5, 5.41) is 8.44. The van der Waals surface area contributed by atoms with E-state index in [1.165, 1.54) is 0 Å². The molecule has 0 bridgehead atoms. The standard InChI is InChI=1S/C9H10BrN3/c1-13(5-4-11)7-9-3-2-8(10)6-12-9/h2-3,6H,5,7H2,1H3. The van der Waals surface area contributed by atoms with Crippen LogP contribution >= 0.6 is 15.9 Å².